The normalized spacial score (nSPS) is 12.6. The molecule has 8 nitrogen and oxygen atoms in total. The van der Waals surface area contributed by atoms with E-state index in [2.05, 4.69) is 10.6 Å². The highest BCUT2D eigenvalue weighted by Crippen LogP contribution is 2.10. The van der Waals surface area contributed by atoms with Crippen molar-refractivity contribution in [1.29, 1.82) is 0 Å². The molecule has 0 bridgehead atoms. The molecule has 2 N–H and O–H groups in total. The number of esters is 2. The van der Waals surface area contributed by atoms with Gasteiger partial charge in [-0.1, -0.05) is 91.0 Å². The third kappa shape index (κ3) is 11.3. The number of alkyl carbamates (subject to hydrolysis) is 1. The topological polar surface area (TPSA) is 103 Å². The summed E-state index contributed by atoms with van der Waals surface area (Å²) in [6.07, 6.45) is -0.154. The smallest absolute Gasteiger partial charge is 0.408 e. The van der Waals surface area contributed by atoms with E-state index < -0.39 is 35.7 Å². The van der Waals surface area contributed by atoms with Gasteiger partial charge >= 0.3 is 18.0 Å². The van der Waals surface area contributed by atoms with Crippen LogP contribution in [-0.4, -0.2) is 42.3 Å². The number of benzene rings is 3. The summed E-state index contributed by atoms with van der Waals surface area (Å²) in [6.45, 7) is 5.69. The molecule has 0 saturated heterocycles. The highest BCUT2D eigenvalue weighted by Gasteiger charge is 2.27. The highest BCUT2D eigenvalue weighted by atomic mass is 16.6. The van der Waals surface area contributed by atoms with E-state index in [-0.39, 0.29) is 26.2 Å². The summed E-state index contributed by atoms with van der Waals surface area (Å²) in [5.74, 6) is -1.00. The largest absolute Gasteiger partial charge is 0.460 e. The lowest BCUT2D eigenvalue weighted by molar-refractivity contribution is -0.147. The van der Waals surface area contributed by atoms with E-state index >= 15 is 0 Å². The molecule has 0 unspecified atom stereocenters. The summed E-state index contributed by atoms with van der Waals surface area (Å²) in [7, 11) is 0. The Morgan fingerprint density at radius 1 is 0.675 bits per heavy atom. The van der Waals surface area contributed by atoms with Crippen molar-refractivity contribution in [3.05, 3.63) is 108 Å². The minimum atomic E-state index is -0.983. The van der Waals surface area contributed by atoms with Gasteiger partial charge in [-0.05, 0) is 56.8 Å². The van der Waals surface area contributed by atoms with E-state index in [0.29, 0.717) is 6.42 Å². The first-order chi connectivity index (χ1) is 19.2. The molecule has 0 heterocycles. The van der Waals surface area contributed by atoms with Crippen molar-refractivity contribution >= 4 is 18.0 Å². The van der Waals surface area contributed by atoms with Gasteiger partial charge < -0.3 is 24.8 Å². The Morgan fingerprint density at radius 2 is 1.12 bits per heavy atom. The number of amides is 1. The van der Waals surface area contributed by atoms with Gasteiger partial charge in [0, 0.05) is 0 Å². The van der Waals surface area contributed by atoms with Gasteiger partial charge in [-0.2, -0.15) is 0 Å². The van der Waals surface area contributed by atoms with E-state index in [0.717, 1.165) is 16.7 Å². The molecule has 0 spiro atoms. The third-order valence-electron chi connectivity index (χ3n) is 5.81. The zero-order chi connectivity index (χ0) is 28.8. The summed E-state index contributed by atoms with van der Waals surface area (Å²) >= 11 is 0. The van der Waals surface area contributed by atoms with Crippen molar-refractivity contribution in [1.82, 2.24) is 10.6 Å². The third-order valence-corrected chi connectivity index (χ3v) is 5.81. The van der Waals surface area contributed by atoms with Crippen LogP contribution in [0.3, 0.4) is 0 Å². The van der Waals surface area contributed by atoms with E-state index in [1.807, 2.05) is 91.0 Å². The van der Waals surface area contributed by atoms with Crippen LogP contribution in [0.25, 0.3) is 0 Å². The molecule has 3 aromatic carbocycles. The Hall–Kier alpha value is -4.17. The van der Waals surface area contributed by atoms with Crippen LogP contribution in [0, 0.1) is 0 Å². The monoisotopic (exact) mass is 546 g/mol. The predicted octanol–water partition coefficient (Wildman–Crippen LogP) is 4.96. The van der Waals surface area contributed by atoms with Crippen molar-refractivity contribution < 1.29 is 28.6 Å². The Kier molecular flexibility index (Phi) is 11.7. The lowest BCUT2D eigenvalue weighted by Gasteiger charge is -2.24. The number of carbonyl (C=O) groups is 3. The molecule has 0 saturated carbocycles. The van der Waals surface area contributed by atoms with E-state index in [1.54, 1.807) is 20.8 Å². The molecule has 0 fully saturated rings. The fourth-order valence-electron chi connectivity index (χ4n) is 3.85. The van der Waals surface area contributed by atoms with Crippen LogP contribution < -0.4 is 10.6 Å². The van der Waals surface area contributed by atoms with Crippen LogP contribution in [0.4, 0.5) is 4.79 Å². The van der Waals surface area contributed by atoms with Gasteiger partial charge in [0.05, 0.1) is 0 Å². The molecule has 8 heteroatoms. The second-order valence-electron chi connectivity index (χ2n) is 10.4. The minimum Gasteiger partial charge on any atom is -0.460 e. The summed E-state index contributed by atoms with van der Waals surface area (Å²) in [4.78, 5) is 38.5. The summed E-state index contributed by atoms with van der Waals surface area (Å²) in [5, 5.41) is 5.83. The number of hydrogen-bond donors (Lipinski definition) is 2. The first-order valence-corrected chi connectivity index (χ1v) is 13.4. The average molecular weight is 547 g/mol. The molecule has 3 rings (SSSR count). The maximum absolute atomic E-state index is 13.1. The van der Waals surface area contributed by atoms with E-state index in [1.165, 1.54) is 0 Å². The first kappa shape index (κ1) is 30.4. The Labute approximate surface area is 236 Å². The zero-order valence-corrected chi connectivity index (χ0v) is 23.3. The van der Waals surface area contributed by atoms with Gasteiger partial charge in [-0.15, -0.1) is 0 Å². The number of ether oxygens (including phenoxy) is 3. The molecule has 0 aliphatic heterocycles. The lowest BCUT2D eigenvalue weighted by Crippen LogP contribution is -2.47. The van der Waals surface area contributed by atoms with Gasteiger partial charge in [0.1, 0.15) is 30.9 Å². The summed E-state index contributed by atoms with van der Waals surface area (Å²) in [6, 6.07) is 26.7. The Bertz CT molecular complexity index is 1200. The number of hydrogen-bond acceptors (Lipinski definition) is 7. The molecule has 2 atom stereocenters. The van der Waals surface area contributed by atoms with Gasteiger partial charge in [-0.3, -0.25) is 4.79 Å². The van der Waals surface area contributed by atoms with Gasteiger partial charge in [0.25, 0.3) is 0 Å². The maximum atomic E-state index is 13.1. The van der Waals surface area contributed by atoms with Gasteiger partial charge in [0.15, 0.2) is 0 Å². The SMILES string of the molecule is CC(C)(C)OC(=O)N[C@@H](CCN[C@@H](Cc1ccccc1)C(=O)OCc1ccccc1)C(=O)OCc1ccccc1. The van der Waals surface area contributed by atoms with Crippen molar-refractivity contribution in [2.45, 2.75) is 64.5 Å². The predicted molar refractivity (Wildman–Crippen MR) is 152 cm³/mol. The van der Waals surface area contributed by atoms with Crippen LogP contribution in [0.2, 0.25) is 0 Å². The van der Waals surface area contributed by atoms with Crippen molar-refractivity contribution in [3.8, 4) is 0 Å². The van der Waals surface area contributed by atoms with Crippen molar-refractivity contribution in [2.24, 2.45) is 0 Å². The molecule has 212 valence electrons. The number of nitrogens with one attached hydrogen (secondary N) is 2. The van der Waals surface area contributed by atoms with E-state index in [9.17, 15) is 14.4 Å². The average Bonchev–Trinajstić information content (AvgIpc) is 2.94. The fourth-order valence-corrected chi connectivity index (χ4v) is 3.85. The zero-order valence-electron chi connectivity index (χ0n) is 23.3. The standard InChI is InChI=1S/C32H38N2O6/c1-32(2,3)40-31(37)34-27(29(35)38-22-25-15-9-5-10-16-25)19-20-33-28(21-24-13-7-4-8-14-24)30(36)39-23-26-17-11-6-12-18-26/h4-18,27-28,33H,19-23H2,1-3H3,(H,34,37)/t27-,28-/m0/s1. The van der Waals surface area contributed by atoms with Crippen molar-refractivity contribution in [2.75, 3.05) is 6.54 Å². The van der Waals surface area contributed by atoms with Crippen LogP contribution in [-0.2, 0) is 43.4 Å². The quantitative estimate of drug-likeness (QED) is 0.231. The molecule has 0 aromatic heterocycles. The van der Waals surface area contributed by atoms with Crippen LogP contribution in [0.1, 0.15) is 43.9 Å². The van der Waals surface area contributed by atoms with E-state index in [4.69, 9.17) is 14.2 Å². The van der Waals surface area contributed by atoms with Gasteiger partial charge in [-0.25, -0.2) is 9.59 Å². The van der Waals surface area contributed by atoms with Crippen LogP contribution in [0.5, 0.6) is 0 Å². The molecular formula is C32H38N2O6. The second kappa shape index (κ2) is 15.4. The lowest BCUT2D eigenvalue weighted by atomic mass is 10.1. The maximum Gasteiger partial charge on any atom is 0.408 e. The number of carbonyl (C=O) groups excluding carboxylic acids is 3. The molecule has 0 aliphatic carbocycles. The molecular weight excluding hydrogens is 508 g/mol. The summed E-state index contributed by atoms with van der Waals surface area (Å²) < 4.78 is 16.4. The molecule has 3 aromatic rings. The highest BCUT2D eigenvalue weighted by molar-refractivity contribution is 5.81. The fraction of sp³-hybridized carbons (Fsp3) is 0.344. The molecule has 40 heavy (non-hydrogen) atoms. The Balaban J connectivity index is 1.64. The van der Waals surface area contributed by atoms with Crippen molar-refractivity contribution in [3.63, 3.8) is 0 Å². The Morgan fingerprint density at radius 3 is 1.60 bits per heavy atom. The number of rotatable bonds is 13. The minimum absolute atomic E-state index is 0.0715. The molecule has 0 radical (unpaired) electrons. The summed E-state index contributed by atoms with van der Waals surface area (Å²) in [5.41, 5.74) is 1.94. The second-order valence-corrected chi connectivity index (χ2v) is 10.4. The first-order valence-electron chi connectivity index (χ1n) is 13.4. The van der Waals surface area contributed by atoms with Gasteiger partial charge in [0.2, 0.25) is 0 Å². The van der Waals surface area contributed by atoms with Crippen LogP contribution >= 0.6 is 0 Å². The molecule has 0 aliphatic rings. The molecule has 1 amide bonds. The van der Waals surface area contributed by atoms with Crippen LogP contribution in [0.15, 0.2) is 91.0 Å².